The number of ether oxygens (including phenoxy) is 1. The van der Waals surface area contributed by atoms with E-state index in [9.17, 15) is 9.59 Å². The molecule has 0 saturated carbocycles. The van der Waals surface area contributed by atoms with E-state index in [4.69, 9.17) is 4.74 Å². The van der Waals surface area contributed by atoms with Crippen LogP contribution in [0.1, 0.15) is 41.3 Å². The van der Waals surface area contributed by atoms with Crippen molar-refractivity contribution in [2.24, 2.45) is 0 Å². The maximum absolute atomic E-state index is 12.0. The highest BCUT2D eigenvalue weighted by Gasteiger charge is 2.11. The third-order valence-electron chi connectivity index (χ3n) is 3.73. The fourth-order valence-electron chi connectivity index (χ4n) is 2.11. The number of rotatable bonds is 5. The first-order valence-corrected chi connectivity index (χ1v) is 9.64. The van der Waals surface area contributed by atoms with Crippen LogP contribution < -0.4 is 15.6 Å². The Bertz CT molecular complexity index is 822. The first-order valence-electron chi connectivity index (χ1n) is 8.05. The van der Waals surface area contributed by atoms with Gasteiger partial charge in [-0.3, -0.25) is 20.4 Å². The van der Waals surface area contributed by atoms with Crippen molar-refractivity contribution in [1.82, 2.24) is 10.9 Å². The van der Waals surface area contributed by atoms with Crippen LogP contribution >= 0.6 is 31.9 Å². The smallest absolute Gasteiger partial charge is 0.276 e. The van der Waals surface area contributed by atoms with Gasteiger partial charge in [0.05, 0.1) is 4.47 Å². The lowest BCUT2D eigenvalue weighted by Gasteiger charge is -2.12. The third-order valence-corrected chi connectivity index (χ3v) is 5.20. The van der Waals surface area contributed by atoms with Gasteiger partial charge in [0.1, 0.15) is 5.75 Å². The molecular formula is C19H20Br2N2O3. The Kier molecular flexibility index (Phi) is 7.23. The van der Waals surface area contributed by atoms with E-state index in [1.807, 2.05) is 31.2 Å². The minimum absolute atomic E-state index is 0.211. The monoisotopic (exact) mass is 482 g/mol. The van der Waals surface area contributed by atoms with E-state index in [1.165, 1.54) is 5.56 Å². The number of nitrogens with one attached hydrogen (secondary N) is 2. The largest absolute Gasteiger partial charge is 0.483 e. The molecule has 0 heterocycles. The van der Waals surface area contributed by atoms with E-state index in [2.05, 4.69) is 56.6 Å². The molecule has 2 amide bonds. The third kappa shape index (κ3) is 5.57. The Morgan fingerprint density at radius 3 is 2.38 bits per heavy atom. The van der Waals surface area contributed by atoms with E-state index < -0.39 is 11.8 Å². The summed E-state index contributed by atoms with van der Waals surface area (Å²) in [6, 6.07) is 10.9. The van der Waals surface area contributed by atoms with Crippen molar-refractivity contribution in [2.45, 2.75) is 26.7 Å². The molecule has 138 valence electrons. The number of halogens is 2. The molecule has 0 aromatic heterocycles. The number of carbonyl (C=O) groups is 2. The average molecular weight is 484 g/mol. The molecule has 0 bridgehead atoms. The minimum Gasteiger partial charge on any atom is -0.483 e. The van der Waals surface area contributed by atoms with E-state index in [1.54, 1.807) is 12.1 Å². The second kappa shape index (κ2) is 9.19. The summed E-state index contributed by atoms with van der Waals surface area (Å²) < 4.78 is 7.10. The van der Waals surface area contributed by atoms with E-state index in [0.717, 1.165) is 14.5 Å². The Morgan fingerprint density at radius 1 is 1.04 bits per heavy atom. The maximum Gasteiger partial charge on any atom is 0.276 e. The van der Waals surface area contributed by atoms with Crippen molar-refractivity contribution in [1.29, 1.82) is 0 Å². The van der Waals surface area contributed by atoms with E-state index >= 15 is 0 Å². The number of hydrazine groups is 1. The molecule has 2 aromatic carbocycles. The zero-order valence-corrected chi connectivity index (χ0v) is 17.9. The van der Waals surface area contributed by atoms with Gasteiger partial charge in [0, 0.05) is 10.0 Å². The molecule has 2 rings (SSSR count). The van der Waals surface area contributed by atoms with Crippen molar-refractivity contribution in [3.8, 4) is 5.75 Å². The SMILES string of the molecule is Cc1ccc(C(=O)NNC(=O)COc2ccc(C(C)C)cc2Br)cc1Br. The summed E-state index contributed by atoms with van der Waals surface area (Å²) >= 11 is 6.81. The zero-order valence-electron chi connectivity index (χ0n) is 14.7. The van der Waals surface area contributed by atoms with Gasteiger partial charge in [-0.25, -0.2) is 0 Å². The molecule has 0 unspecified atom stereocenters. The summed E-state index contributed by atoms with van der Waals surface area (Å²) in [6.07, 6.45) is 0. The molecule has 7 heteroatoms. The Balaban J connectivity index is 1.85. The van der Waals surface area contributed by atoms with Gasteiger partial charge >= 0.3 is 0 Å². The normalized spacial score (nSPS) is 10.5. The van der Waals surface area contributed by atoms with Crippen molar-refractivity contribution in [3.05, 3.63) is 62.0 Å². The molecule has 2 N–H and O–H groups in total. The fraction of sp³-hybridized carbons (Fsp3) is 0.263. The first kappa shape index (κ1) is 20.5. The van der Waals surface area contributed by atoms with Crippen LogP contribution in [0.25, 0.3) is 0 Å². The summed E-state index contributed by atoms with van der Waals surface area (Å²) in [7, 11) is 0. The molecule has 2 aromatic rings. The Labute approximate surface area is 169 Å². The first-order chi connectivity index (χ1) is 12.3. The topological polar surface area (TPSA) is 67.4 Å². The minimum atomic E-state index is -0.454. The van der Waals surface area contributed by atoms with Gasteiger partial charge in [-0.05, 0) is 64.2 Å². The summed E-state index contributed by atoms with van der Waals surface area (Å²) in [4.78, 5) is 23.9. The van der Waals surface area contributed by atoms with Gasteiger partial charge in [-0.15, -0.1) is 0 Å². The van der Waals surface area contributed by atoms with Crippen LogP contribution in [-0.4, -0.2) is 18.4 Å². The number of benzene rings is 2. The number of amides is 2. The molecule has 5 nitrogen and oxygen atoms in total. The highest BCUT2D eigenvalue weighted by atomic mass is 79.9. The molecule has 0 aliphatic heterocycles. The highest BCUT2D eigenvalue weighted by Crippen LogP contribution is 2.28. The Hall–Kier alpha value is -1.86. The van der Waals surface area contributed by atoms with Crippen molar-refractivity contribution in [2.75, 3.05) is 6.61 Å². The lowest BCUT2D eigenvalue weighted by molar-refractivity contribution is -0.123. The fourth-order valence-corrected chi connectivity index (χ4v) is 3.00. The average Bonchev–Trinajstić information content (AvgIpc) is 2.60. The summed E-state index contributed by atoms with van der Waals surface area (Å²) in [5, 5.41) is 0. The quantitative estimate of drug-likeness (QED) is 0.616. The second-order valence-corrected chi connectivity index (χ2v) is 7.81. The van der Waals surface area contributed by atoms with Gasteiger partial charge in [-0.1, -0.05) is 41.9 Å². The second-order valence-electron chi connectivity index (χ2n) is 6.10. The number of hydrogen-bond acceptors (Lipinski definition) is 3. The molecule has 0 aliphatic carbocycles. The van der Waals surface area contributed by atoms with Crippen molar-refractivity contribution >= 4 is 43.7 Å². The Morgan fingerprint density at radius 2 is 1.77 bits per heavy atom. The van der Waals surface area contributed by atoms with Crippen LogP contribution in [0.2, 0.25) is 0 Å². The zero-order chi connectivity index (χ0) is 19.3. The maximum atomic E-state index is 12.0. The van der Waals surface area contributed by atoms with Gasteiger partial charge in [-0.2, -0.15) is 0 Å². The molecule has 26 heavy (non-hydrogen) atoms. The lowest BCUT2D eigenvalue weighted by atomic mass is 10.0. The van der Waals surface area contributed by atoms with Crippen LogP contribution in [0.5, 0.6) is 5.75 Å². The van der Waals surface area contributed by atoms with Crippen LogP contribution in [-0.2, 0) is 4.79 Å². The van der Waals surface area contributed by atoms with Gasteiger partial charge < -0.3 is 4.74 Å². The molecule has 0 fully saturated rings. The molecular weight excluding hydrogens is 464 g/mol. The van der Waals surface area contributed by atoms with Crippen LogP contribution in [0.15, 0.2) is 45.3 Å². The molecule has 0 saturated heterocycles. The summed E-state index contributed by atoms with van der Waals surface area (Å²) in [5.41, 5.74) is 7.34. The predicted octanol–water partition coefficient (Wildman–Crippen LogP) is 4.48. The lowest BCUT2D eigenvalue weighted by Crippen LogP contribution is -2.43. The molecule has 0 atom stereocenters. The van der Waals surface area contributed by atoms with Crippen molar-refractivity contribution in [3.63, 3.8) is 0 Å². The number of aryl methyl sites for hydroxylation is 1. The standard InChI is InChI=1S/C19H20Br2N2O3/c1-11(2)13-6-7-17(16(21)8-13)26-10-18(24)22-23-19(25)14-5-4-12(3)15(20)9-14/h4-9,11H,10H2,1-3H3,(H,22,24)(H,23,25). The molecule has 0 radical (unpaired) electrons. The van der Waals surface area contributed by atoms with Gasteiger partial charge in [0.25, 0.3) is 11.8 Å². The van der Waals surface area contributed by atoms with Gasteiger partial charge in [0.15, 0.2) is 6.61 Å². The highest BCUT2D eigenvalue weighted by molar-refractivity contribution is 9.10. The summed E-state index contributed by atoms with van der Waals surface area (Å²) in [5.74, 6) is 0.116. The van der Waals surface area contributed by atoms with Crippen LogP contribution in [0.4, 0.5) is 0 Å². The van der Waals surface area contributed by atoms with Crippen LogP contribution in [0, 0.1) is 6.92 Å². The van der Waals surface area contributed by atoms with Gasteiger partial charge in [0.2, 0.25) is 0 Å². The van der Waals surface area contributed by atoms with Crippen LogP contribution in [0.3, 0.4) is 0 Å². The number of hydrogen-bond donors (Lipinski definition) is 2. The van der Waals surface area contributed by atoms with Crippen molar-refractivity contribution < 1.29 is 14.3 Å². The number of carbonyl (C=O) groups excluding carboxylic acids is 2. The summed E-state index contributed by atoms with van der Waals surface area (Å²) in [6.45, 7) is 5.92. The predicted molar refractivity (Wildman–Crippen MR) is 108 cm³/mol. The van der Waals surface area contributed by atoms with E-state index in [0.29, 0.717) is 17.2 Å². The van der Waals surface area contributed by atoms with E-state index in [-0.39, 0.29) is 6.61 Å². The molecule has 0 spiro atoms. The molecule has 0 aliphatic rings.